The van der Waals surface area contributed by atoms with Crippen molar-refractivity contribution in [3.8, 4) is 11.4 Å². The lowest BCUT2D eigenvalue weighted by Gasteiger charge is -2.57. The van der Waals surface area contributed by atoms with Crippen molar-refractivity contribution in [3.63, 3.8) is 0 Å². The van der Waals surface area contributed by atoms with Gasteiger partial charge < -0.3 is 15.4 Å². The summed E-state index contributed by atoms with van der Waals surface area (Å²) in [5.74, 6) is 0.552. The largest absolute Gasteiger partial charge is 0.478 e. The predicted octanol–water partition coefficient (Wildman–Crippen LogP) is 7.20. The Morgan fingerprint density at radius 2 is 1.67 bits per heavy atom. The molecule has 4 aliphatic rings. The number of nitrogens with zero attached hydrogens (tertiary/aromatic N) is 1. The number of aromatic amines is 1. The van der Waals surface area contributed by atoms with Crippen molar-refractivity contribution in [2.45, 2.75) is 57.5 Å². The molecule has 0 spiro atoms. The SMILES string of the molecule is O=C(O)c1cccc(NC(=O)c2nc(-c3ccccc3C(F)(F)F)[nH]c2CCC23CC4CC(CC(C4)C2)C3)c1. The minimum Gasteiger partial charge on any atom is -0.478 e. The number of H-pyrrole nitrogens is 1. The van der Waals surface area contributed by atoms with Gasteiger partial charge in [-0.15, -0.1) is 0 Å². The second-order valence-corrected chi connectivity index (χ2v) is 11.7. The van der Waals surface area contributed by atoms with Gasteiger partial charge in [0.2, 0.25) is 0 Å². The summed E-state index contributed by atoms with van der Waals surface area (Å²) in [5, 5.41) is 12.0. The second-order valence-electron chi connectivity index (χ2n) is 11.7. The molecule has 4 saturated carbocycles. The first-order valence-corrected chi connectivity index (χ1v) is 13.5. The van der Waals surface area contributed by atoms with Crippen LogP contribution in [0, 0.1) is 23.2 Å². The lowest BCUT2D eigenvalue weighted by Crippen LogP contribution is -2.46. The van der Waals surface area contributed by atoms with Gasteiger partial charge in [0, 0.05) is 16.9 Å². The van der Waals surface area contributed by atoms with Crippen LogP contribution < -0.4 is 5.32 Å². The van der Waals surface area contributed by atoms with Crippen LogP contribution in [0.1, 0.15) is 77.0 Å². The molecular formula is C30H30F3N3O3. The number of anilines is 1. The molecule has 6 nitrogen and oxygen atoms in total. The number of aryl methyl sites for hydroxylation is 1. The van der Waals surface area contributed by atoms with Crippen LogP contribution in [0.4, 0.5) is 18.9 Å². The van der Waals surface area contributed by atoms with Crippen LogP contribution in [0.25, 0.3) is 11.4 Å². The van der Waals surface area contributed by atoms with Crippen LogP contribution in [0.15, 0.2) is 48.5 Å². The Kier molecular flexibility index (Phi) is 6.27. The number of aromatic carboxylic acids is 1. The van der Waals surface area contributed by atoms with Crippen molar-refractivity contribution in [2.75, 3.05) is 5.32 Å². The molecule has 0 saturated heterocycles. The Morgan fingerprint density at radius 1 is 1.00 bits per heavy atom. The molecule has 4 aliphatic carbocycles. The van der Waals surface area contributed by atoms with E-state index >= 15 is 0 Å². The number of amides is 1. The Bertz CT molecular complexity index is 1390. The fourth-order valence-corrected chi connectivity index (χ4v) is 7.75. The minimum absolute atomic E-state index is 0.00660. The highest BCUT2D eigenvalue weighted by atomic mass is 19.4. The number of alkyl halides is 3. The number of halogens is 3. The van der Waals surface area contributed by atoms with Gasteiger partial charge in [0.05, 0.1) is 11.1 Å². The molecule has 7 rings (SSSR count). The van der Waals surface area contributed by atoms with Crippen molar-refractivity contribution < 1.29 is 27.9 Å². The third-order valence-corrected chi connectivity index (χ3v) is 8.92. The molecule has 9 heteroatoms. The van der Waals surface area contributed by atoms with Crippen molar-refractivity contribution in [3.05, 3.63) is 71.0 Å². The first kappa shape index (κ1) is 25.6. The van der Waals surface area contributed by atoms with Gasteiger partial charge in [-0.05, 0) is 98.8 Å². The van der Waals surface area contributed by atoms with E-state index in [1.54, 1.807) is 6.07 Å². The summed E-state index contributed by atoms with van der Waals surface area (Å²) < 4.78 is 41.4. The van der Waals surface area contributed by atoms with Crippen molar-refractivity contribution >= 4 is 17.6 Å². The van der Waals surface area contributed by atoms with E-state index in [9.17, 15) is 27.9 Å². The predicted molar refractivity (Wildman–Crippen MR) is 139 cm³/mol. The molecule has 0 atom stereocenters. The highest BCUT2D eigenvalue weighted by molar-refractivity contribution is 6.04. The van der Waals surface area contributed by atoms with Crippen molar-refractivity contribution in [1.29, 1.82) is 0 Å². The number of carbonyl (C=O) groups is 2. The van der Waals surface area contributed by atoms with Gasteiger partial charge in [-0.2, -0.15) is 13.2 Å². The maximum atomic E-state index is 13.8. The molecule has 0 aliphatic heterocycles. The number of carbonyl (C=O) groups excluding carboxylic acids is 1. The van der Waals surface area contributed by atoms with E-state index in [1.807, 2.05) is 0 Å². The zero-order valence-corrected chi connectivity index (χ0v) is 21.4. The highest BCUT2D eigenvalue weighted by Crippen LogP contribution is 2.61. The van der Waals surface area contributed by atoms with Gasteiger partial charge in [0.25, 0.3) is 5.91 Å². The molecule has 204 valence electrons. The van der Waals surface area contributed by atoms with E-state index in [4.69, 9.17) is 0 Å². The topological polar surface area (TPSA) is 95.1 Å². The first-order valence-electron chi connectivity index (χ1n) is 13.5. The summed E-state index contributed by atoms with van der Waals surface area (Å²) in [4.78, 5) is 32.2. The quantitative estimate of drug-likeness (QED) is 0.297. The molecule has 0 radical (unpaired) electrons. The van der Waals surface area contributed by atoms with Gasteiger partial charge in [-0.3, -0.25) is 4.79 Å². The molecule has 3 aromatic rings. The Labute approximate surface area is 224 Å². The summed E-state index contributed by atoms with van der Waals surface area (Å²) in [6.45, 7) is 0. The Balaban J connectivity index is 1.33. The summed E-state index contributed by atoms with van der Waals surface area (Å²) >= 11 is 0. The number of carboxylic acid groups (broad SMARTS) is 1. The fourth-order valence-electron chi connectivity index (χ4n) is 7.75. The van der Waals surface area contributed by atoms with E-state index in [-0.39, 0.29) is 33.7 Å². The monoisotopic (exact) mass is 537 g/mol. The number of imidazole rings is 1. The molecular weight excluding hydrogens is 507 g/mol. The normalized spacial score (nSPS) is 25.6. The lowest BCUT2D eigenvalue weighted by atomic mass is 9.48. The van der Waals surface area contributed by atoms with Gasteiger partial charge in [0.15, 0.2) is 0 Å². The van der Waals surface area contributed by atoms with Crippen molar-refractivity contribution in [1.82, 2.24) is 9.97 Å². The molecule has 39 heavy (non-hydrogen) atoms. The minimum atomic E-state index is -4.58. The number of hydrogen-bond donors (Lipinski definition) is 3. The standard InChI is InChI=1S/C30H30F3N3O3/c31-30(32,33)23-7-2-1-6-22(23)26-35-24(8-9-29-14-17-10-18(15-29)12-19(11-17)16-29)25(36-26)27(37)34-21-5-3-4-20(13-21)28(38)39/h1-7,13,17-19H,8-12,14-16H2,(H,34,37)(H,35,36)(H,38,39). The van der Waals surface area contributed by atoms with Crippen LogP contribution in [-0.2, 0) is 12.6 Å². The molecule has 2 aromatic carbocycles. The van der Waals surface area contributed by atoms with Crippen LogP contribution >= 0.6 is 0 Å². The Morgan fingerprint density at radius 3 is 2.31 bits per heavy atom. The first-order chi connectivity index (χ1) is 18.6. The summed E-state index contributed by atoms with van der Waals surface area (Å²) in [6.07, 6.45) is 4.25. The smallest absolute Gasteiger partial charge is 0.417 e. The molecule has 4 bridgehead atoms. The Hall–Kier alpha value is -3.62. The number of benzene rings is 2. The van der Waals surface area contributed by atoms with E-state index < -0.39 is 23.6 Å². The second kappa shape index (κ2) is 9.54. The average Bonchev–Trinajstić information content (AvgIpc) is 3.31. The maximum Gasteiger partial charge on any atom is 0.417 e. The van der Waals surface area contributed by atoms with Crippen LogP contribution in [0.3, 0.4) is 0 Å². The molecule has 1 aromatic heterocycles. The molecule has 1 heterocycles. The number of rotatable bonds is 7. The van der Waals surface area contributed by atoms with Gasteiger partial charge in [-0.25, -0.2) is 9.78 Å². The zero-order chi connectivity index (χ0) is 27.4. The molecule has 3 N–H and O–H groups in total. The van der Waals surface area contributed by atoms with Crippen LogP contribution in [-0.4, -0.2) is 27.0 Å². The highest BCUT2D eigenvalue weighted by Gasteiger charge is 2.50. The molecule has 4 fully saturated rings. The third-order valence-electron chi connectivity index (χ3n) is 8.92. The summed E-state index contributed by atoms with van der Waals surface area (Å²) in [6, 6.07) is 11.0. The fraction of sp³-hybridized carbons (Fsp3) is 0.433. The summed E-state index contributed by atoms with van der Waals surface area (Å²) in [7, 11) is 0. The molecule has 1 amide bonds. The van der Waals surface area contributed by atoms with E-state index in [1.165, 1.54) is 74.9 Å². The number of hydrogen-bond acceptors (Lipinski definition) is 3. The van der Waals surface area contributed by atoms with Crippen LogP contribution in [0.5, 0.6) is 0 Å². The summed E-state index contributed by atoms with van der Waals surface area (Å²) in [5.41, 5.74) is 0.0920. The average molecular weight is 538 g/mol. The molecule has 0 unspecified atom stereocenters. The van der Waals surface area contributed by atoms with Gasteiger partial charge >= 0.3 is 12.1 Å². The van der Waals surface area contributed by atoms with Crippen LogP contribution in [0.2, 0.25) is 0 Å². The van der Waals surface area contributed by atoms with E-state index in [0.29, 0.717) is 12.1 Å². The number of nitrogens with one attached hydrogen (secondary N) is 2. The lowest BCUT2D eigenvalue weighted by molar-refractivity contribution is -0.137. The number of aromatic nitrogens is 2. The van der Waals surface area contributed by atoms with E-state index in [0.717, 1.165) is 30.2 Å². The van der Waals surface area contributed by atoms with E-state index in [2.05, 4.69) is 15.3 Å². The van der Waals surface area contributed by atoms with Crippen molar-refractivity contribution in [2.24, 2.45) is 23.2 Å². The maximum absolute atomic E-state index is 13.8. The van der Waals surface area contributed by atoms with Gasteiger partial charge in [0.1, 0.15) is 11.5 Å². The van der Waals surface area contributed by atoms with Gasteiger partial charge in [-0.1, -0.05) is 24.3 Å². The third kappa shape index (κ3) is 5.06. The number of carboxylic acids is 1. The zero-order valence-electron chi connectivity index (χ0n) is 21.4.